The number of rotatable bonds is 2. The first kappa shape index (κ1) is 18.4. The quantitative estimate of drug-likeness (QED) is 0.417. The third-order valence-electron chi connectivity index (χ3n) is 6.80. The smallest absolute Gasteiger partial charge is 0.423 e. The van der Waals surface area contributed by atoms with Gasteiger partial charge in [0.1, 0.15) is 0 Å². The van der Waals surface area contributed by atoms with Crippen LogP contribution in [0.5, 0.6) is 0 Å². The zero-order chi connectivity index (χ0) is 21.3. The van der Waals surface area contributed by atoms with Crippen LogP contribution >= 0.6 is 0 Å². The van der Waals surface area contributed by atoms with E-state index < -0.39 is 7.12 Å². The fourth-order valence-corrected chi connectivity index (χ4v) is 5.41. The Bertz CT molecular complexity index is 1480. The van der Waals surface area contributed by atoms with E-state index in [1.807, 2.05) is 12.1 Å². The highest BCUT2D eigenvalue weighted by atomic mass is 16.4. The molecule has 5 aromatic rings. The lowest BCUT2D eigenvalue weighted by atomic mass is 9.80. The van der Waals surface area contributed by atoms with Crippen molar-refractivity contribution in [1.82, 2.24) is 4.57 Å². The van der Waals surface area contributed by atoms with Gasteiger partial charge in [-0.05, 0) is 52.0 Å². The minimum atomic E-state index is -1.46. The molecule has 150 valence electrons. The van der Waals surface area contributed by atoms with Gasteiger partial charge in [-0.1, -0.05) is 74.5 Å². The van der Waals surface area contributed by atoms with E-state index in [1.165, 1.54) is 33.0 Å². The second-order valence-electron chi connectivity index (χ2n) is 8.87. The maximum atomic E-state index is 9.49. The predicted molar refractivity (Wildman–Crippen MR) is 128 cm³/mol. The molecule has 1 aromatic heterocycles. The Hall–Kier alpha value is -3.34. The van der Waals surface area contributed by atoms with E-state index in [1.54, 1.807) is 12.1 Å². The summed E-state index contributed by atoms with van der Waals surface area (Å²) in [6, 6.07) is 29.2. The first-order valence-corrected chi connectivity index (χ1v) is 10.6. The summed E-state index contributed by atoms with van der Waals surface area (Å²) in [5.74, 6) is 0. The first-order chi connectivity index (χ1) is 15.0. The number of aromatic nitrogens is 1. The van der Waals surface area contributed by atoms with Crippen molar-refractivity contribution in [3.8, 4) is 16.8 Å². The Morgan fingerprint density at radius 1 is 0.710 bits per heavy atom. The first-order valence-electron chi connectivity index (χ1n) is 10.6. The molecule has 1 heterocycles. The van der Waals surface area contributed by atoms with E-state index >= 15 is 0 Å². The molecule has 0 spiro atoms. The molecule has 0 aliphatic heterocycles. The van der Waals surface area contributed by atoms with Crippen LogP contribution in [-0.2, 0) is 5.41 Å². The van der Waals surface area contributed by atoms with Crippen molar-refractivity contribution in [1.29, 1.82) is 0 Å². The predicted octanol–water partition coefficient (Wildman–Crippen LogP) is 4.77. The van der Waals surface area contributed by atoms with Crippen molar-refractivity contribution < 1.29 is 10.0 Å². The van der Waals surface area contributed by atoms with Crippen LogP contribution in [0.25, 0.3) is 38.6 Å². The second-order valence-corrected chi connectivity index (χ2v) is 8.87. The molecule has 4 aromatic carbocycles. The minimum Gasteiger partial charge on any atom is -0.423 e. The third-order valence-corrected chi connectivity index (χ3v) is 6.80. The van der Waals surface area contributed by atoms with E-state index in [9.17, 15) is 10.0 Å². The van der Waals surface area contributed by atoms with Gasteiger partial charge in [0.05, 0.1) is 11.0 Å². The molecule has 3 nitrogen and oxygen atoms in total. The molecule has 0 radical (unpaired) electrons. The van der Waals surface area contributed by atoms with Gasteiger partial charge >= 0.3 is 7.12 Å². The molecular weight excluding hydrogens is 381 g/mol. The second kappa shape index (κ2) is 6.33. The number of hydrogen-bond acceptors (Lipinski definition) is 2. The minimum absolute atomic E-state index is 0.0920. The van der Waals surface area contributed by atoms with Crippen LogP contribution in [0.2, 0.25) is 0 Å². The highest BCUT2D eigenvalue weighted by Crippen LogP contribution is 2.53. The summed E-state index contributed by atoms with van der Waals surface area (Å²) in [7, 11) is -1.46. The Morgan fingerprint density at radius 3 is 2.19 bits per heavy atom. The van der Waals surface area contributed by atoms with Gasteiger partial charge in [-0.2, -0.15) is 0 Å². The van der Waals surface area contributed by atoms with E-state index in [4.69, 9.17) is 0 Å². The van der Waals surface area contributed by atoms with Gasteiger partial charge in [0, 0.05) is 21.9 Å². The van der Waals surface area contributed by atoms with Crippen molar-refractivity contribution in [3.63, 3.8) is 0 Å². The zero-order valence-electron chi connectivity index (χ0n) is 17.5. The summed E-state index contributed by atoms with van der Waals surface area (Å²) in [6.45, 7) is 4.64. The topological polar surface area (TPSA) is 45.4 Å². The van der Waals surface area contributed by atoms with Crippen LogP contribution in [0, 0.1) is 0 Å². The molecule has 1 aliphatic rings. The molecule has 6 rings (SSSR count). The average molecular weight is 403 g/mol. The molecule has 2 N–H and O–H groups in total. The van der Waals surface area contributed by atoms with Crippen molar-refractivity contribution >= 4 is 34.4 Å². The highest BCUT2D eigenvalue weighted by molar-refractivity contribution is 6.58. The maximum Gasteiger partial charge on any atom is 0.488 e. The fraction of sp³-hybridized carbons (Fsp3) is 0.111. The summed E-state index contributed by atoms with van der Waals surface area (Å²) in [5.41, 5.74) is 9.10. The van der Waals surface area contributed by atoms with Crippen molar-refractivity contribution in [2.24, 2.45) is 0 Å². The number of para-hydroxylation sites is 1. The van der Waals surface area contributed by atoms with Gasteiger partial charge in [0.15, 0.2) is 0 Å². The molecule has 0 amide bonds. The van der Waals surface area contributed by atoms with Crippen LogP contribution in [0.15, 0.2) is 84.9 Å². The molecule has 4 heteroatoms. The number of fused-ring (bicyclic) bond motifs is 7. The summed E-state index contributed by atoms with van der Waals surface area (Å²) >= 11 is 0. The van der Waals surface area contributed by atoms with Gasteiger partial charge in [0.2, 0.25) is 0 Å². The SMILES string of the molecule is CC1(C)c2ccccc2-c2ccc3c(c21)c1ccccc1n3-c1ccc(B(O)O)cc1. The molecule has 0 saturated heterocycles. The van der Waals surface area contributed by atoms with Gasteiger partial charge in [-0.25, -0.2) is 0 Å². The van der Waals surface area contributed by atoms with Crippen LogP contribution in [0.3, 0.4) is 0 Å². The molecule has 0 atom stereocenters. The van der Waals surface area contributed by atoms with E-state index in [-0.39, 0.29) is 5.41 Å². The zero-order valence-corrected chi connectivity index (χ0v) is 17.5. The largest absolute Gasteiger partial charge is 0.488 e. The summed E-state index contributed by atoms with van der Waals surface area (Å²) in [6.07, 6.45) is 0. The third kappa shape index (κ3) is 2.43. The molecular formula is C27H22BNO2. The summed E-state index contributed by atoms with van der Waals surface area (Å²) < 4.78 is 2.28. The Morgan fingerprint density at radius 2 is 1.42 bits per heavy atom. The van der Waals surface area contributed by atoms with Gasteiger partial charge in [0.25, 0.3) is 0 Å². The Labute approximate surface area is 181 Å². The Kier molecular flexibility index (Phi) is 3.77. The van der Waals surface area contributed by atoms with Crippen LogP contribution < -0.4 is 5.46 Å². The van der Waals surface area contributed by atoms with Crippen molar-refractivity contribution in [2.75, 3.05) is 0 Å². The monoisotopic (exact) mass is 403 g/mol. The fourth-order valence-electron chi connectivity index (χ4n) is 5.41. The molecule has 0 saturated carbocycles. The Balaban J connectivity index is 1.73. The van der Waals surface area contributed by atoms with Gasteiger partial charge in [-0.3, -0.25) is 0 Å². The lowest BCUT2D eigenvalue weighted by Crippen LogP contribution is -2.29. The summed E-state index contributed by atoms with van der Waals surface area (Å²) in [4.78, 5) is 0. The molecule has 1 aliphatic carbocycles. The van der Waals surface area contributed by atoms with Crippen LogP contribution in [0.4, 0.5) is 0 Å². The van der Waals surface area contributed by atoms with Crippen molar-refractivity contribution in [3.05, 3.63) is 96.1 Å². The number of benzene rings is 4. The number of hydrogen-bond donors (Lipinski definition) is 2. The normalized spacial score (nSPS) is 14.1. The molecule has 0 fully saturated rings. The maximum absolute atomic E-state index is 9.49. The lowest BCUT2D eigenvalue weighted by Gasteiger charge is -2.22. The van der Waals surface area contributed by atoms with E-state index in [0.29, 0.717) is 5.46 Å². The molecule has 0 unspecified atom stereocenters. The molecule has 31 heavy (non-hydrogen) atoms. The van der Waals surface area contributed by atoms with E-state index in [0.717, 1.165) is 16.7 Å². The van der Waals surface area contributed by atoms with Crippen LogP contribution in [-0.4, -0.2) is 21.7 Å². The van der Waals surface area contributed by atoms with Gasteiger partial charge in [-0.15, -0.1) is 0 Å². The average Bonchev–Trinajstić information content (AvgIpc) is 3.24. The highest BCUT2D eigenvalue weighted by Gasteiger charge is 2.37. The lowest BCUT2D eigenvalue weighted by molar-refractivity contribution is 0.426. The molecule has 0 bridgehead atoms. The number of nitrogens with zero attached hydrogens (tertiary/aromatic N) is 1. The van der Waals surface area contributed by atoms with E-state index in [2.05, 4.69) is 79.1 Å². The van der Waals surface area contributed by atoms with Crippen molar-refractivity contribution in [2.45, 2.75) is 19.3 Å². The van der Waals surface area contributed by atoms with Gasteiger partial charge < -0.3 is 14.6 Å². The standard InChI is InChI=1S/C27H22BNO2/c1-27(2)22-9-5-3-7-19(22)20-15-16-24-25(26(20)27)21-8-4-6-10-23(21)29(24)18-13-11-17(12-14-18)28(30)31/h3-16,30-31H,1-2H3. The van der Waals surface area contributed by atoms with Crippen LogP contribution in [0.1, 0.15) is 25.0 Å². The summed E-state index contributed by atoms with van der Waals surface area (Å²) in [5, 5.41) is 21.5.